The van der Waals surface area contributed by atoms with E-state index >= 15 is 0 Å². The van der Waals surface area contributed by atoms with Crippen LogP contribution in [-0.4, -0.2) is 72.6 Å². The number of halogens is 3. The van der Waals surface area contributed by atoms with Crippen LogP contribution in [0.5, 0.6) is 5.75 Å². The molecule has 0 radical (unpaired) electrons. The molecule has 1 aromatic heterocycles. The Kier molecular flexibility index (Phi) is 7.74. The Hall–Kier alpha value is -3.34. The van der Waals surface area contributed by atoms with Gasteiger partial charge in [-0.2, -0.15) is 0 Å². The molecular weight excluding hydrogens is 478 g/mol. The molecule has 2 N–H and O–H groups in total. The first-order valence-electron chi connectivity index (χ1n) is 11.0. The molecule has 0 unspecified atom stereocenters. The molecular formula is C24H25ClF2N6O2. The lowest BCUT2D eigenvalue weighted by Crippen LogP contribution is -2.44. The fourth-order valence-corrected chi connectivity index (χ4v) is 3.86. The molecule has 1 aliphatic rings. The average Bonchev–Trinajstić information content (AvgIpc) is 2.85. The molecule has 0 spiro atoms. The van der Waals surface area contributed by atoms with Crippen molar-refractivity contribution >= 4 is 45.6 Å². The van der Waals surface area contributed by atoms with E-state index in [9.17, 15) is 13.6 Å². The maximum Gasteiger partial charge on any atom is 0.284 e. The molecule has 0 atom stereocenters. The van der Waals surface area contributed by atoms with Gasteiger partial charge < -0.3 is 20.3 Å². The summed E-state index contributed by atoms with van der Waals surface area (Å²) in [5.74, 6) is -1.60. The van der Waals surface area contributed by atoms with Crippen LogP contribution in [0, 0.1) is 5.82 Å². The van der Waals surface area contributed by atoms with Crippen LogP contribution in [-0.2, 0) is 4.79 Å². The van der Waals surface area contributed by atoms with Crippen molar-refractivity contribution in [2.45, 2.75) is 0 Å². The van der Waals surface area contributed by atoms with Crippen LogP contribution in [0.15, 0.2) is 48.6 Å². The number of benzene rings is 2. The van der Waals surface area contributed by atoms with Crippen molar-refractivity contribution in [3.05, 3.63) is 59.4 Å². The highest BCUT2D eigenvalue weighted by atomic mass is 35.5. The van der Waals surface area contributed by atoms with Crippen molar-refractivity contribution in [3.8, 4) is 5.75 Å². The first kappa shape index (κ1) is 24.8. The smallest absolute Gasteiger partial charge is 0.284 e. The number of likely N-dealkylation sites (N-methyl/N-ethyl adjacent to an activating group) is 1. The Bertz CT molecular complexity index is 1260. The molecule has 11 heteroatoms. The van der Waals surface area contributed by atoms with Gasteiger partial charge in [-0.15, -0.1) is 0 Å². The van der Waals surface area contributed by atoms with Crippen molar-refractivity contribution in [2.24, 2.45) is 0 Å². The van der Waals surface area contributed by atoms with Gasteiger partial charge in [0.05, 0.1) is 23.3 Å². The third-order valence-electron chi connectivity index (χ3n) is 5.73. The molecule has 2 aromatic carbocycles. The first-order valence-corrected chi connectivity index (χ1v) is 11.3. The maximum atomic E-state index is 14.6. The molecule has 1 saturated heterocycles. The number of nitrogens with one attached hydrogen (secondary N) is 2. The summed E-state index contributed by atoms with van der Waals surface area (Å²) in [6.07, 6.45) is 2.64. The Morgan fingerprint density at radius 3 is 2.69 bits per heavy atom. The zero-order chi connectivity index (χ0) is 24.9. The SMILES string of the molecule is COc1cc2ncnc(Nc3ccc(F)c(Cl)c3)c2cc1NC(=O)C(F)=CCN1CCN(C)CC1. The minimum Gasteiger partial charge on any atom is -0.494 e. The minimum atomic E-state index is -0.881. The number of amides is 1. The summed E-state index contributed by atoms with van der Waals surface area (Å²) in [5, 5.41) is 6.13. The van der Waals surface area contributed by atoms with Gasteiger partial charge in [-0.3, -0.25) is 9.69 Å². The second-order valence-corrected chi connectivity index (χ2v) is 8.56. The number of ether oxygens (including phenoxy) is 1. The Morgan fingerprint density at radius 2 is 1.97 bits per heavy atom. The molecule has 1 amide bonds. The molecule has 184 valence electrons. The number of methoxy groups -OCH3 is 1. The largest absolute Gasteiger partial charge is 0.494 e. The van der Waals surface area contributed by atoms with Gasteiger partial charge in [0.2, 0.25) is 0 Å². The lowest BCUT2D eigenvalue weighted by Gasteiger charge is -2.31. The van der Waals surface area contributed by atoms with Crippen LogP contribution in [0.2, 0.25) is 5.02 Å². The summed E-state index contributed by atoms with van der Waals surface area (Å²) in [5.41, 5.74) is 1.29. The summed E-state index contributed by atoms with van der Waals surface area (Å²) >= 11 is 5.87. The van der Waals surface area contributed by atoms with E-state index in [2.05, 4.69) is 30.4 Å². The van der Waals surface area contributed by atoms with Crippen LogP contribution in [0.3, 0.4) is 0 Å². The predicted octanol–water partition coefficient (Wildman–Crippen LogP) is 4.21. The third kappa shape index (κ3) is 6.02. The Morgan fingerprint density at radius 1 is 1.20 bits per heavy atom. The summed E-state index contributed by atoms with van der Waals surface area (Å²) in [6, 6.07) is 7.38. The highest BCUT2D eigenvalue weighted by Gasteiger charge is 2.17. The number of rotatable bonds is 7. The van der Waals surface area contributed by atoms with Crippen LogP contribution >= 0.6 is 11.6 Å². The molecule has 1 aliphatic heterocycles. The van der Waals surface area contributed by atoms with Crippen LogP contribution in [0.1, 0.15) is 0 Å². The molecule has 2 heterocycles. The van der Waals surface area contributed by atoms with Gasteiger partial charge in [-0.1, -0.05) is 11.6 Å². The molecule has 1 fully saturated rings. The lowest BCUT2D eigenvalue weighted by atomic mass is 10.1. The standard InChI is InChI=1S/C24H25ClF2N6O2/c1-32-7-9-33(10-8-32)6-5-19(27)24(34)31-21-12-16-20(13-22(21)35-2)28-14-29-23(16)30-15-3-4-18(26)17(25)11-15/h3-5,11-14H,6-10H2,1-2H3,(H,31,34)(H,28,29,30). The van der Waals surface area contributed by atoms with Crippen LogP contribution in [0.4, 0.5) is 26.0 Å². The second-order valence-electron chi connectivity index (χ2n) is 8.16. The maximum absolute atomic E-state index is 14.6. The van der Waals surface area contributed by atoms with E-state index in [0.717, 1.165) is 26.2 Å². The number of hydrogen-bond acceptors (Lipinski definition) is 7. The molecule has 8 nitrogen and oxygen atoms in total. The summed E-state index contributed by atoms with van der Waals surface area (Å²) in [4.78, 5) is 25.3. The van der Waals surface area contributed by atoms with E-state index in [0.29, 0.717) is 34.7 Å². The van der Waals surface area contributed by atoms with Gasteiger partial charge >= 0.3 is 0 Å². The fourth-order valence-electron chi connectivity index (χ4n) is 3.68. The van der Waals surface area contributed by atoms with Gasteiger partial charge in [0.15, 0.2) is 5.83 Å². The quantitative estimate of drug-likeness (QED) is 0.468. The molecule has 35 heavy (non-hydrogen) atoms. The van der Waals surface area contributed by atoms with Crippen molar-refractivity contribution in [2.75, 3.05) is 57.5 Å². The number of hydrogen-bond donors (Lipinski definition) is 2. The van der Waals surface area contributed by atoms with E-state index in [-0.39, 0.29) is 10.7 Å². The summed E-state index contributed by atoms with van der Waals surface area (Å²) in [6.45, 7) is 3.78. The monoisotopic (exact) mass is 502 g/mol. The van der Waals surface area contributed by atoms with E-state index in [1.165, 1.54) is 37.7 Å². The number of piperazine rings is 1. The molecule has 4 rings (SSSR count). The predicted molar refractivity (Wildman–Crippen MR) is 133 cm³/mol. The van der Waals surface area contributed by atoms with Crippen molar-refractivity contribution < 1.29 is 18.3 Å². The van der Waals surface area contributed by atoms with E-state index in [4.69, 9.17) is 16.3 Å². The number of carbonyl (C=O) groups excluding carboxylic acids is 1. The fraction of sp³-hybridized carbons (Fsp3) is 0.292. The first-order chi connectivity index (χ1) is 16.8. The molecule has 0 bridgehead atoms. The lowest BCUT2D eigenvalue weighted by molar-refractivity contribution is -0.114. The van der Waals surface area contributed by atoms with Crippen LogP contribution in [0.25, 0.3) is 10.9 Å². The molecule has 0 aliphatic carbocycles. The van der Waals surface area contributed by atoms with Gasteiger partial charge in [0, 0.05) is 49.9 Å². The third-order valence-corrected chi connectivity index (χ3v) is 6.02. The molecule has 0 saturated carbocycles. The Labute approximate surface area is 206 Å². The van der Waals surface area contributed by atoms with Gasteiger partial charge in [0.1, 0.15) is 23.7 Å². The number of fused-ring (bicyclic) bond motifs is 1. The van der Waals surface area contributed by atoms with E-state index in [1.807, 2.05) is 7.05 Å². The van der Waals surface area contributed by atoms with Gasteiger partial charge in [-0.05, 0) is 37.4 Å². The number of anilines is 3. The zero-order valence-corrected chi connectivity index (χ0v) is 20.1. The highest BCUT2D eigenvalue weighted by Crippen LogP contribution is 2.33. The average molecular weight is 503 g/mol. The highest BCUT2D eigenvalue weighted by molar-refractivity contribution is 6.31. The minimum absolute atomic E-state index is 0.0400. The van der Waals surface area contributed by atoms with Crippen LogP contribution < -0.4 is 15.4 Å². The zero-order valence-electron chi connectivity index (χ0n) is 19.3. The summed E-state index contributed by atoms with van der Waals surface area (Å²) < 4.78 is 33.5. The van der Waals surface area contributed by atoms with Crippen molar-refractivity contribution in [3.63, 3.8) is 0 Å². The number of aromatic nitrogens is 2. The normalized spacial score (nSPS) is 15.3. The number of nitrogens with zero attached hydrogens (tertiary/aromatic N) is 4. The van der Waals surface area contributed by atoms with Gasteiger partial charge in [-0.25, -0.2) is 18.7 Å². The summed E-state index contributed by atoms with van der Waals surface area (Å²) in [7, 11) is 3.48. The number of carbonyl (C=O) groups is 1. The van der Waals surface area contributed by atoms with E-state index in [1.54, 1.807) is 12.1 Å². The van der Waals surface area contributed by atoms with Crippen molar-refractivity contribution in [1.82, 2.24) is 19.8 Å². The molecule has 3 aromatic rings. The van der Waals surface area contributed by atoms with Crippen molar-refractivity contribution in [1.29, 1.82) is 0 Å². The van der Waals surface area contributed by atoms with E-state index < -0.39 is 17.6 Å². The second kappa shape index (κ2) is 10.9. The Balaban J connectivity index is 1.55. The topological polar surface area (TPSA) is 82.6 Å². The van der Waals surface area contributed by atoms with Gasteiger partial charge in [0.25, 0.3) is 5.91 Å².